The Kier molecular flexibility index (Phi) is 6.87. The molecular formula is C25H26N4OS2. The molecule has 1 aliphatic rings. The van der Waals surface area contributed by atoms with Gasteiger partial charge in [0.15, 0.2) is 10.2 Å². The second-order valence-corrected chi connectivity index (χ2v) is 8.62. The van der Waals surface area contributed by atoms with Crippen LogP contribution in [-0.4, -0.2) is 28.2 Å². The molecule has 1 saturated heterocycles. The molecule has 0 amide bonds. The molecule has 4 rings (SSSR count). The third-order valence-corrected chi connectivity index (χ3v) is 5.92. The maximum atomic E-state index is 5.91. The molecule has 0 bridgehead atoms. The predicted octanol–water partition coefficient (Wildman–Crippen LogP) is 4.84. The maximum Gasteiger partial charge on any atom is 0.176 e. The van der Waals surface area contributed by atoms with Crippen molar-refractivity contribution >= 4 is 46.0 Å². The molecule has 0 saturated carbocycles. The van der Waals surface area contributed by atoms with Crippen molar-refractivity contribution in [1.82, 2.24) is 4.90 Å². The highest BCUT2D eigenvalue weighted by Crippen LogP contribution is 2.23. The SMILES string of the molecule is Cc1ccc(N2CCN(Cc3ccc(COc4cccc(NC(N)=S)c4)cc3)C2=S)cc1. The van der Waals surface area contributed by atoms with Crippen LogP contribution in [0.3, 0.4) is 0 Å². The van der Waals surface area contributed by atoms with Crippen LogP contribution in [0.25, 0.3) is 0 Å². The van der Waals surface area contributed by atoms with Crippen molar-refractivity contribution in [3.8, 4) is 5.75 Å². The highest BCUT2D eigenvalue weighted by Gasteiger charge is 2.25. The highest BCUT2D eigenvalue weighted by atomic mass is 32.1. The van der Waals surface area contributed by atoms with Gasteiger partial charge in [-0.3, -0.25) is 0 Å². The molecule has 0 aromatic heterocycles. The van der Waals surface area contributed by atoms with E-state index in [0.29, 0.717) is 6.61 Å². The van der Waals surface area contributed by atoms with Gasteiger partial charge in [-0.2, -0.15) is 0 Å². The first kappa shape index (κ1) is 22.0. The molecule has 32 heavy (non-hydrogen) atoms. The summed E-state index contributed by atoms with van der Waals surface area (Å²) in [4.78, 5) is 4.46. The Morgan fingerprint density at radius 3 is 2.44 bits per heavy atom. The van der Waals surface area contributed by atoms with Crippen LogP contribution in [0, 0.1) is 6.92 Å². The van der Waals surface area contributed by atoms with E-state index >= 15 is 0 Å². The van der Waals surface area contributed by atoms with E-state index in [4.69, 9.17) is 34.9 Å². The van der Waals surface area contributed by atoms with E-state index in [1.165, 1.54) is 11.1 Å². The first-order chi connectivity index (χ1) is 15.5. The quantitative estimate of drug-likeness (QED) is 0.488. The van der Waals surface area contributed by atoms with E-state index in [1.54, 1.807) is 0 Å². The molecule has 3 N–H and O–H groups in total. The van der Waals surface area contributed by atoms with Gasteiger partial charge < -0.3 is 25.6 Å². The molecule has 0 radical (unpaired) electrons. The number of thiocarbonyl (C=S) groups is 2. The van der Waals surface area contributed by atoms with Crippen LogP contribution in [0.1, 0.15) is 16.7 Å². The number of benzene rings is 3. The Bertz CT molecular complexity index is 1100. The van der Waals surface area contributed by atoms with Gasteiger partial charge in [0.2, 0.25) is 0 Å². The lowest BCUT2D eigenvalue weighted by molar-refractivity contribution is 0.306. The van der Waals surface area contributed by atoms with Gasteiger partial charge in [0.05, 0.1) is 0 Å². The van der Waals surface area contributed by atoms with E-state index in [-0.39, 0.29) is 5.11 Å². The number of nitrogens with two attached hydrogens (primary N) is 1. The Hall–Kier alpha value is -3.16. The summed E-state index contributed by atoms with van der Waals surface area (Å²) in [5.41, 5.74) is 11.1. The maximum absolute atomic E-state index is 5.91. The Labute approximate surface area is 199 Å². The molecule has 3 aromatic rings. The zero-order chi connectivity index (χ0) is 22.5. The van der Waals surface area contributed by atoms with E-state index in [9.17, 15) is 0 Å². The largest absolute Gasteiger partial charge is 0.489 e. The summed E-state index contributed by atoms with van der Waals surface area (Å²) in [5, 5.41) is 4.03. The summed E-state index contributed by atoms with van der Waals surface area (Å²) in [5.74, 6) is 0.758. The topological polar surface area (TPSA) is 53.8 Å². The van der Waals surface area contributed by atoms with Crippen molar-refractivity contribution in [3.63, 3.8) is 0 Å². The fraction of sp³-hybridized carbons (Fsp3) is 0.200. The zero-order valence-corrected chi connectivity index (χ0v) is 19.6. The lowest BCUT2D eigenvalue weighted by atomic mass is 10.1. The van der Waals surface area contributed by atoms with Gasteiger partial charge in [-0.15, -0.1) is 0 Å². The minimum absolute atomic E-state index is 0.234. The molecule has 1 aliphatic heterocycles. The molecule has 5 nitrogen and oxygen atoms in total. The van der Waals surface area contributed by atoms with E-state index < -0.39 is 0 Å². The molecule has 3 aromatic carbocycles. The van der Waals surface area contributed by atoms with Crippen LogP contribution in [0.2, 0.25) is 0 Å². The number of hydrogen-bond donors (Lipinski definition) is 2. The van der Waals surface area contributed by atoms with Crippen molar-refractivity contribution < 1.29 is 4.74 Å². The van der Waals surface area contributed by atoms with Gasteiger partial charge >= 0.3 is 0 Å². The van der Waals surface area contributed by atoms with Crippen LogP contribution >= 0.6 is 24.4 Å². The minimum atomic E-state index is 0.234. The lowest BCUT2D eigenvalue weighted by Crippen LogP contribution is -2.31. The van der Waals surface area contributed by atoms with Gasteiger partial charge in [0.1, 0.15) is 12.4 Å². The number of nitrogens with one attached hydrogen (secondary N) is 1. The summed E-state index contributed by atoms with van der Waals surface area (Å²) in [6, 6.07) is 24.6. The fourth-order valence-corrected chi connectivity index (χ4v) is 4.10. The van der Waals surface area contributed by atoms with Crippen molar-refractivity contribution in [2.45, 2.75) is 20.1 Å². The number of rotatable bonds is 7. The smallest absolute Gasteiger partial charge is 0.176 e. The predicted molar refractivity (Wildman–Crippen MR) is 139 cm³/mol. The fourth-order valence-electron chi connectivity index (χ4n) is 3.63. The number of ether oxygens (including phenoxy) is 1. The molecule has 1 heterocycles. The van der Waals surface area contributed by atoms with Crippen molar-refractivity contribution in [1.29, 1.82) is 0 Å². The third kappa shape index (κ3) is 5.55. The first-order valence-corrected chi connectivity index (χ1v) is 11.3. The number of aryl methyl sites for hydroxylation is 1. The second-order valence-electron chi connectivity index (χ2n) is 7.81. The van der Waals surface area contributed by atoms with Gasteiger partial charge in [-0.05, 0) is 66.8 Å². The number of hydrogen-bond acceptors (Lipinski definition) is 3. The number of nitrogens with zero attached hydrogens (tertiary/aromatic N) is 2. The van der Waals surface area contributed by atoms with Crippen LogP contribution in [0.4, 0.5) is 11.4 Å². The van der Waals surface area contributed by atoms with Gasteiger partial charge in [0.25, 0.3) is 0 Å². The van der Waals surface area contributed by atoms with Crippen LogP contribution in [-0.2, 0) is 13.2 Å². The van der Waals surface area contributed by atoms with Crippen molar-refractivity contribution in [2.24, 2.45) is 5.73 Å². The molecular weight excluding hydrogens is 436 g/mol. The molecule has 1 fully saturated rings. The Balaban J connectivity index is 1.32. The molecule has 164 valence electrons. The van der Waals surface area contributed by atoms with E-state index in [2.05, 4.69) is 70.6 Å². The van der Waals surface area contributed by atoms with Crippen LogP contribution < -0.4 is 20.7 Å². The normalized spacial score (nSPS) is 13.3. The van der Waals surface area contributed by atoms with Crippen molar-refractivity contribution in [2.75, 3.05) is 23.3 Å². The first-order valence-electron chi connectivity index (χ1n) is 10.5. The average molecular weight is 463 g/mol. The van der Waals surface area contributed by atoms with Crippen molar-refractivity contribution in [3.05, 3.63) is 89.5 Å². The molecule has 0 atom stereocenters. The summed E-state index contributed by atoms with van der Waals surface area (Å²) in [7, 11) is 0. The molecule has 7 heteroatoms. The van der Waals surface area contributed by atoms with Gasteiger partial charge in [-0.25, -0.2) is 0 Å². The minimum Gasteiger partial charge on any atom is -0.489 e. The van der Waals surface area contributed by atoms with E-state index in [1.807, 2.05) is 24.3 Å². The summed E-state index contributed by atoms with van der Waals surface area (Å²) in [6.07, 6.45) is 0. The molecule has 0 aliphatic carbocycles. The lowest BCUT2D eigenvalue weighted by Gasteiger charge is -2.22. The van der Waals surface area contributed by atoms with Gasteiger partial charge in [0, 0.05) is 37.1 Å². The number of anilines is 2. The van der Waals surface area contributed by atoms with E-state index in [0.717, 1.165) is 47.4 Å². The monoisotopic (exact) mass is 462 g/mol. The molecule has 0 unspecified atom stereocenters. The Morgan fingerprint density at radius 1 is 1.00 bits per heavy atom. The molecule has 0 spiro atoms. The average Bonchev–Trinajstić information content (AvgIpc) is 3.14. The Morgan fingerprint density at radius 2 is 1.72 bits per heavy atom. The van der Waals surface area contributed by atoms with Crippen LogP contribution in [0.5, 0.6) is 5.75 Å². The van der Waals surface area contributed by atoms with Gasteiger partial charge in [-0.1, -0.05) is 48.0 Å². The summed E-state index contributed by atoms with van der Waals surface area (Å²) < 4.78 is 5.91. The third-order valence-electron chi connectivity index (χ3n) is 5.34. The highest BCUT2D eigenvalue weighted by molar-refractivity contribution is 7.80. The second kappa shape index (κ2) is 9.97. The van der Waals surface area contributed by atoms with Crippen LogP contribution in [0.15, 0.2) is 72.8 Å². The summed E-state index contributed by atoms with van der Waals surface area (Å²) in [6.45, 7) is 5.22. The summed E-state index contributed by atoms with van der Waals surface area (Å²) >= 11 is 10.6. The zero-order valence-electron chi connectivity index (χ0n) is 18.0. The standard InChI is InChI=1S/C25H26N4OS2/c1-18-5-11-22(12-6-18)29-14-13-28(25(29)32)16-19-7-9-20(10-8-19)17-30-23-4-2-3-21(15-23)27-24(26)31/h2-12,15H,13-14,16-17H2,1H3,(H3,26,27,31).